The van der Waals surface area contributed by atoms with Gasteiger partial charge in [-0.1, -0.05) is 79.4 Å². The molecule has 0 heterocycles. The summed E-state index contributed by atoms with van der Waals surface area (Å²) >= 11 is 13.2. The fraction of sp³-hybridized carbons (Fsp3) is 0.143. The molecule has 0 fully saturated rings. The maximum Gasteiger partial charge on any atom is 0.0655 e. The van der Waals surface area contributed by atoms with E-state index in [0.29, 0.717) is 0 Å². The summed E-state index contributed by atoms with van der Waals surface area (Å²) in [7, 11) is 0. The van der Waals surface area contributed by atoms with Crippen molar-refractivity contribution in [1.82, 2.24) is 0 Å². The Balaban J connectivity index is 2.36. The summed E-state index contributed by atoms with van der Waals surface area (Å²) in [4.78, 5) is 0.176. The highest BCUT2D eigenvalue weighted by molar-refractivity contribution is 9.11. The van der Waals surface area contributed by atoms with Crippen LogP contribution >= 0.6 is 43.5 Å². The maximum atomic E-state index is 5.94. The lowest BCUT2D eigenvalue weighted by molar-refractivity contribution is 1.16. The van der Waals surface area contributed by atoms with E-state index in [4.69, 9.17) is 11.6 Å². The lowest BCUT2D eigenvalue weighted by Gasteiger charge is -2.13. The first-order valence-corrected chi connectivity index (χ1v) is 7.32. The summed E-state index contributed by atoms with van der Waals surface area (Å²) in [5, 5.41) is 0.740. The van der Waals surface area contributed by atoms with Crippen molar-refractivity contribution in [2.24, 2.45) is 0 Å². The summed E-state index contributed by atoms with van der Waals surface area (Å²) in [5.74, 6) is 0. The number of rotatable bonds is 2. The Labute approximate surface area is 123 Å². The van der Waals surface area contributed by atoms with Gasteiger partial charge in [0.05, 0.1) is 4.83 Å². The first-order chi connectivity index (χ1) is 8.08. The van der Waals surface area contributed by atoms with Gasteiger partial charge in [0.15, 0.2) is 0 Å². The first kappa shape index (κ1) is 13.1. The Morgan fingerprint density at radius 2 is 1.71 bits per heavy atom. The Kier molecular flexibility index (Phi) is 4.29. The lowest BCUT2D eigenvalue weighted by atomic mass is 10.0. The molecule has 0 bridgehead atoms. The van der Waals surface area contributed by atoms with Gasteiger partial charge >= 0.3 is 0 Å². The predicted octanol–water partition coefficient (Wildman–Crippen LogP) is 5.90. The van der Waals surface area contributed by atoms with E-state index < -0.39 is 0 Å². The molecule has 2 aromatic carbocycles. The molecule has 0 radical (unpaired) electrons. The third-order valence-corrected chi connectivity index (χ3v) is 4.55. The smallest absolute Gasteiger partial charge is 0.0655 e. The van der Waals surface area contributed by atoms with Crippen LogP contribution in [0.3, 0.4) is 0 Å². The monoisotopic (exact) mass is 372 g/mol. The standard InChI is InChI=1S/C14H11Br2Cl/c1-9-2-4-10(5-3-9)14(16)12-7-6-11(17)8-13(12)15/h2-8,14H,1H3. The van der Waals surface area contributed by atoms with Crippen LogP contribution in [0.4, 0.5) is 0 Å². The van der Waals surface area contributed by atoms with Crippen LogP contribution in [-0.2, 0) is 0 Å². The van der Waals surface area contributed by atoms with E-state index >= 15 is 0 Å². The summed E-state index contributed by atoms with van der Waals surface area (Å²) in [6.07, 6.45) is 0. The average molecular weight is 375 g/mol. The van der Waals surface area contributed by atoms with Crippen molar-refractivity contribution in [3.8, 4) is 0 Å². The van der Waals surface area contributed by atoms with E-state index in [-0.39, 0.29) is 4.83 Å². The second-order valence-electron chi connectivity index (χ2n) is 3.94. The molecule has 0 saturated carbocycles. The predicted molar refractivity (Wildman–Crippen MR) is 81.1 cm³/mol. The van der Waals surface area contributed by atoms with Crippen molar-refractivity contribution in [2.75, 3.05) is 0 Å². The van der Waals surface area contributed by atoms with Crippen LogP contribution in [0, 0.1) is 6.92 Å². The topological polar surface area (TPSA) is 0 Å². The van der Waals surface area contributed by atoms with Crippen molar-refractivity contribution in [1.29, 1.82) is 0 Å². The number of alkyl halides is 1. The van der Waals surface area contributed by atoms with E-state index in [9.17, 15) is 0 Å². The molecule has 0 aliphatic rings. The maximum absolute atomic E-state index is 5.94. The van der Waals surface area contributed by atoms with Crippen LogP contribution in [0.5, 0.6) is 0 Å². The molecule has 3 heteroatoms. The Morgan fingerprint density at radius 3 is 2.29 bits per heavy atom. The van der Waals surface area contributed by atoms with Gasteiger partial charge in [0.2, 0.25) is 0 Å². The molecule has 0 N–H and O–H groups in total. The van der Waals surface area contributed by atoms with Gasteiger partial charge in [-0.05, 0) is 30.2 Å². The van der Waals surface area contributed by atoms with Crippen molar-refractivity contribution in [3.63, 3.8) is 0 Å². The van der Waals surface area contributed by atoms with Gasteiger partial charge in [-0.25, -0.2) is 0 Å². The molecular formula is C14H11Br2Cl. The largest absolute Gasteiger partial charge is 0.0843 e. The molecule has 0 nitrogen and oxygen atoms in total. The Morgan fingerprint density at radius 1 is 1.06 bits per heavy atom. The van der Waals surface area contributed by atoms with Crippen molar-refractivity contribution < 1.29 is 0 Å². The molecule has 0 saturated heterocycles. The van der Waals surface area contributed by atoms with E-state index in [1.807, 2.05) is 18.2 Å². The summed E-state index contributed by atoms with van der Waals surface area (Å²) < 4.78 is 1.02. The summed E-state index contributed by atoms with van der Waals surface area (Å²) in [6, 6.07) is 14.4. The molecule has 0 aromatic heterocycles. The summed E-state index contributed by atoms with van der Waals surface area (Å²) in [5.41, 5.74) is 3.68. The normalized spacial score (nSPS) is 12.5. The third-order valence-electron chi connectivity index (χ3n) is 2.61. The van der Waals surface area contributed by atoms with E-state index in [1.54, 1.807) is 0 Å². The molecule has 1 unspecified atom stereocenters. The van der Waals surface area contributed by atoms with Crippen LogP contribution < -0.4 is 0 Å². The fourth-order valence-corrected chi connectivity index (χ4v) is 3.55. The van der Waals surface area contributed by atoms with Gasteiger partial charge in [-0.3, -0.25) is 0 Å². The molecule has 0 aliphatic heterocycles. The fourth-order valence-electron chi connectivity index (χ4n) is 1.62. The van der Waals surface area contributed by atoms with Crippen LogP contribution in [0.1, 0.15) is 21.5 Å². The molecule has 88 valence electrons. The first-order valence-electron chi connectivity index (χ1n) is 5.23. The van der Waals surface area contributed by atoms with E-state index in [1.165, 1.54) is 16.7 Å². The number of benzene rings is 2. The SMILES string of the molecule is Cc1ccc(C(Br)c2ccc(Cl)cc2Br)cc1. The highest BCUT2D eigenvalue weighted by Crippen LogP contribution is 2.36. The molecule has 17 heavy (non-hydrogen) atoms. The van der Waals surface area contributed by atoms with Crippen molar-refractivity contribution in [2.45, 2.75) is 11.8 Å². The molecule has 1 atom stereocenters. The van der Waals surface area contributed by atoms with Gasteiger partial charge in [-0.15, -0.1) is 0 Å². The van der Waals surface area contributed by atoms with Gasteiger partial charge in [0.25, 0.3) is 0 Å². The molecule has 2 rings (SSSR count). The molecule has 0 aliphatic carbocycles. The zero-order valence-electron chi connectivity index (χ0n) is 9.25. The number of aryl methyl sites for hydroxylation is 1. The van der Waals surface area contributed by atoms with E-state index in [0.717, 1.165) is 9.50 Å². The van der Waals surface area contributed by atoms with Gasteiger partial charge in [0, 0.05) is 9.50 Å². The number of hydrogen-bond acceptors (Lipinski definition) is 0. The molecule has 0 amide bonds. The van der Waals surface area contributed by atoms with Crippen molar-refractivity contribution >= 4 is 43.5 Å². The minimum atomic E-state index is 0.176. The second kappa shape index (κ2) is 5.55. The van der Waals surface area contributed by atoms with E-state index in [2.05, 4.69) is 63.0 Å². The van der Waals surface area contributed by atoms with Crippen LogP contribution in [-0.4, -0.2) is 0 Å². The van der Waals surface area contributed by atoms with Gasteiger partial charge in [0.1, 0.15) is 0 Å². The van der Waals surface area contributed by atoms with Gasteiger partial charge < -0.3 is 0 Å². The minimum absolute atomic E-state index is 0.176. The van der Waals surface area contributed by atoms with Crippen LogP contribution in [0.15, 0.2) is 46.9 Å². The second-order valence-corrected chi connectivity index (χ2v) is 6.15. The number of halogens is 3. The van der Waals surface area contributed by atoms with Crippen LogP contribution in [0.2, 0.25) is 5.02 Å². The molecular weight excluding hydrogens is 363 g/mol. The lowest BCUT2D eigenvalue weighted by Crippen LogP contribution is -1.94. The number of hydrogen-bond donors (Lipinski definition) is 0. The quantitative estimate of drug-likeness (QED) is 0.575. The highest BCUT2D eigenvalue weighted by Gasteiger charge is 2.13. The Bertz CT molecular complexity index is 520. The average Bonchev–Trinajstić information content (AvgIpc) is 2.29. The Hall–Kier alpha value is -0.310. The zero-order chi connectivity index (χ0) is 12.4. The highest BCUT2D eigenvalue weighted by atomic mass is 79.9. The van der Waals surface area contributed by atoms with Crippen LogP contribution in [0.25, 0.3) is 0 Å². The van der Waals surface area contributed by atoms with Gasteiger partial charge in [-0.2, -0.15) is 0 Å². The minimum Gasteiger partial charge on any atom is -0.0843 e. The zero-order valence-corrected chi connectivity index (χ0v) is 13.2. The molecule has 0 spiro atoms. The van der Waals surface area contributed by atoms with Crippen molar-refractivity contribution in [3.05, 3.63) is 68.7 Å². The third kappa shape index (κ3) is 3.12. The summed E-state index contributed by atoms with van der Waals surface area (Å²) in [6.45, 7) is 2.09. The molecule has 2 aromatic rings.